The average Bonchev–Trinajstić information content (AvgIpc) is 2.72. The van der Waals surface area contributed by atoms with Gasteiger partial charge in [0.2, 0.25) is 0 Å². The zero-order valence-electron chi connectivity index (χ0n) is 16.3. The number of nitrogens with zero attached hydrogens (tertiary/aromatic N) is 1. The summed E-state index contributed by atoms with van der Waals surface area (Å²) in [5.41, 5.74) is 2.37. The Morgan fingerprint density at radius 1 is 0.704 bits per heavy atom. The number of nitriles is 1. The van der Waals surface area contributed by atoms with Crippen LogP contribution >= 0.6 is 0 Å². The third kappa shape index (κ3) is 8.64. The van der Waals surface area contributed by atoms with Crippen molar-refractivity contribution in [2.75, 3.05) is 13.2 Å². The van der Waals surface area contributed by atoms with Gasteiger partial charge in [0.25, 0.3) is 0 Å². The van der Waals surface area contributed by atoms with E-state index in [1.807, 2.05) is 18.3 Å². The van der Waals surface area contributed by atoms with Gasteiger partial charge in [0, 0.05) is 12.1 Å². The molecular weight excluding hydrogens is 332 g/mol. The number of rotatable bonds is 14. The molecule has 144 valence electrons. The van der Waals surface area contributed by atoms with Gasteiger partial charge in [-0.1, -0.05) is 93.5 Å². The van der Waals surface area contributed by atoms with Crippen molar-refractivity contribution in [3.8, 4) is 23.1 Å². The molecule has 0 spiro atoms. The van der Waals surface area contributed by atoms with Crippen LogP contribution in [0, 0.1) is 11.5 Å². The van der Waals surface area contributed by atoms with E-state index in [1.54, 1.807) is 0 Å². The van der Waals surface area contributed by atoms with Gasteiger partial charge in [0.15, 0.2) is 6.19 Å². The summed E-state index contributed by atoms with van der Waals surface area (Å²) >= 11 is 0. The van der Waals surface area contributed by atoms with Gasteiger partial charge in [-0.15, -0.1) is 0 Å². The van der Waals surface area contributed by atoms with Crippen LogP contribution in [0.5, 0.6) is 5.75 Å². The zero-order chi connectivity index (χ0) is 19.0. The Morgan fingerprint density at radius 3 is 2.00 bits per heavy atom. The minimum atomic E-state index is 0.787. The van der Waals surface area contributed by atoms with Crippen molar-refractivity contribution in [2.24, 2.45) is 0 Å². The van der Waals surface area contributed by atoms with Gasteiger partial charge in [-0.2, -0.15) is 5.26 Å². The number of hydrogen-bond acceptors (Lipinski definition) is 3. The number of hydrogen-bond donors (Lipinski definition) is 1. The maximum Gasteiger partial charge on any atom is 0.176 e. The minimum absolute atomic E-state index is 0.787. The van der Waals surface area contributed by atoms with Gasteiger partial charge in [-0.25, -0.2) is 0 Å². The Bertz CT molecular complexity index is 664. The molecule has 0 saturated heterocycles. The molecule has 2 aromatic carbocycles. The molecule has 0 aromatic heterocycles. The Morgan fingerprint density at radius 2 is 1.30 bits per heavy atom. The van der Waals surface area contributed by atoms with E-state index in [-0.39, 0.29) is 0 Å². The Kier molecular flexibility index (Phi) is 10.6. The number of unbranched alkanes of at least 4 members (excludes halogenated alkanes) is 8. The highest BCUT2D eigenvalue weighted by atomic mass is 16.5. The predicted molar refractivity (Wildman–Crippen MR) is 113 cm³/mol. The number of nitrogens with one attached hydrogen (secondary N) is 1. The van der Waals surface area contributed by atoms with E-state index < -0.39 is 0 Å². The molecule has 27 heavy (non-hydrogen) atoms. The maximum absolute atomic E-state index is 8.39. The summed E-state index contributed by atoms with van der Waals surface area (Å²) in [6.07, 6.45) is 13.2. The molecule has 3 heteroatoms. The summed E-state index contributed by atoms with van der Waals surface area (Å²) < 4.78 is 6.05. The lowest BCUT2D eigenvalue weighted by Crippen LogP contribution is -2.06. The molecule has 0 fully saturated rings. The van der Waals surface area contributed by atoms with Crippen molar-refractivity contribution in [3.05, 3.63) is 54.6 Å². The lowest BCUT2D eigenvalue weighted by atomic mass is 10.0. The second-order valence-corrected chi connectivity index (χ2v) is 6.93. The highest BCUT2D eigenvalue weighted by molar-refractivity contribution is 5.70. The summed E-state index contributed by atoms with van der Waals surface area (Å²) in [4.78, 5) is 0. The second-order valence-electron chi connectivity index (χ2n) is 6.93. The number of ether oxygens (including phenoxy) is 1. The highest BCUT2D eigenvalue weighted by Gasteiger charge is 2.04. The van der Waals surface area contributed by atoms with Crippen molar-refractivity contribution < 1.29 is 4.74 Å². The van der Waals surface area contributed by atoms with E-state index in [0.29, 0.717) is 0 Å². The van der Waals surface area contributed by atoms with E-state index in [9.17, 15) is 0 Å². The minimum Gasteiger partial charge on any atom is -0.493 e. The van der Waals surface area contributed by atoms with Gasteiger partial charge >= 0.3 is 0 Å². The molecular formula is C24H32N2O. The van der Waals surface area contributed by atoms with Crippen LogP contribution in [0.2, 0.25) is 0 Å². The smallest absolute Gasteiger partial charge is 0.176 e. The third-order valence-electron chi connectivity index (χ3n) is 4.75. The van der Waals surface area contributed by atoms with Crippen LogP contribution in [0.4, 0.5) is 0 Å². The first-order valence-electron chi connectivity index (χ1n) is 10.3. The summed E-state index contributed by atoms with van der Waals surface area (Å²) in [5, 5.41) is 11.1. The molecule has 0 bridgehead atoms. The van der Waals surface area contributed by atoms with Crippen molar-refractivity contribution in [1.82, 2.24) is 5.32 Å². The first-order valence-corrected chi connectivity index (χ1v) is 10.3. The lowest BCUT2D eigenvalue weighted by molar-refractivity contribution is 0.305. The molecule has 0 aliphatic rings. The van der Waals surface area contributed by atoms with Gasteiger partial charge in [0.1, 0.15) is 5.75 Å². The molecule has 0 aliphatic heterocycles. The Hall–Kier alpha value is -2.47. The van der Waals surface area contributed by atoms with Crippen molar-refractivity contribution in [1.29, 1.82) is 5.26 Å². The molecule has 0 saturated carbocycles. The molecule has 0 atom stereocenters. The van der Waals surface area contributed by atoms with Crippen LogP contribution in [-0.2, 0) is 0 Å². The second kappa shape index (κ2) is 13.7. The molecule has 3 nitrogen and oxygen atoms in total. The molecule has 0 aliphatic carbocycles. The predicted octanol–water partition coefficient (Wildman–Crippen LogP) is 6.31. The molecule has 0 amide bonds. The number of para-hydroxylation sites is 1. The zero-order valence-corrected chi connectivity index (χ0v) is 16.3. The van der Waals surface area contributed by atoms with Gasteiger partial charge in [0.05, 0.1) is 6.61 Å². The molecule has 2 aromatic rings. The fourth-order valence-electron chi connectivity index (χ4n) is 3.24. The van der Waals surface area contributed by atoms with Gasteiger partial charge < -0.3 is 10.1 Å². The largest absolute Gasteiger partial charge is 0.493 e. The van der Waals surface area contributed by atoms with Crippen molar-refractivity contribution >= 4 is 0 Å². The fourth-order valence-corrected chi connectivity index (χ4v) is 3.24. The normalized spacial score (nSPS) is 10.3. The Labute approximate surface area is 164 Å². The first kappa shape index (κ1) is 20.8. The van der Waals surface area contributed by atoms with Crippen LogP contribution < -0.4 is 10.1 Å². The van der Waals surface area contributed by atoms with E-state index in [1.165, 1.54) is 56.1 Å². The standard InChI is InChI=1S/C24H32N2O/c25-21-26-19-13-6-4-2-1-3-5-7-14-20-27-24-18-12-11-17-23(24)22-15-9-8-10-16-22/h8-12,15-18,26H,1-7,13-14,19-20H2. The van der Waals surface area contributed by atoms with E-state index >= 15 is 0 Å². The summed E-state index contributed by atoms with van der Waals surface area (Å²) in [5.74, 6) is 0.981. The maximum atomic E-state index is 8.39. The highest BCUT2D eigenvalue weighted by Crippen LogP contribution is 2.29. The van der Waals surface area contributed by atoms with Crippen molar-refractivity contribution in [3.63, 3.8) is 0 Å². The van der Waals surface area contributed by atoms with Crippen LogP contribution in [0.15, 0.2) is 54.6 Å². The summed E-state index contributed by atoms with van der Waals surface area (Å²) in [6, 6.07) is 18.7. The molecule has 1 N–H and O–H groups in total. The van der Waals surface area contributed by atoms with Crippen LogP contribution in [0.25, 0.3) is 11.1 Å². The van der Waals surface area contributed by atoms with E-state index in [0.717, 1.165) is 31.7 Å². The topological polar surface area (TPSA) is 45.0 Å². The van der Waals surface area contributed by atoms with E-state index in [4.69, 9.17) is 10.00 Å². The fraction of sp³-hybridized carbons (Fsp3) is 0.458. The van der Waals surface area contributed by atoms with Crippen LogP contribution in [0.1, 0.15) is 57.8 Å². The SMILES string of the molecule is N#CNCCCCCCCCCCCOc1ccccc1-c1ccccc1. The molecule has 0 unspecified atom stereocenters. The van der Waals surface area contributed by atoms with Crippen molar-refractivity contribution in [2.45, 2.75) is 57.8 Å². The van der Waals surface area contributed by atoms with Crippen LogP contribution in [-0.4, -0.2) is 13.2 Å². The summed E-state index contributed by atoms with van der Waals surface area (Å²) in [7, 11) is 0. The third-order valence-corrected chi connectivity index (χ3v) is 4.75. The quantitative estimate of drug-likeness (QED) is 0.242. The first-order chi connectivity index (χ1) is 13.4. The average molecular weight is 365 g/mol. The molecule has 0 radical (unpaired) electrons. The van der Waals surface area contributed by atoms with Gasteiger partial charge in [-0.3, -0.25) is 0 Å². The molecule has 0 heterocycles. The molecule has 2 rings (SSSR count). The summed E-state index contributed by atoms with van der Waals surface area (Å²) in [6.45, 7) is 1.61. The van der Waals surface area contributed by atoms with E-state index in [2.05, 4.69) is 47.8 Å². The monoisotopic (exact) mass is 364 g/mol. The number of benzene rings is 2. The Balaban J connectivity index is 1.52. The lowest BCUT2D eigenvalue weighted by Gasteiger charge is -2.11. The van der Waals surface area contributed by atoms with Gasteiger partial charge in [-0.05, 0) is 24.5 Å². The van der Waals surface area contributed by atoms with Crippen LogP contribution in [0.3, 0.4) is 0 Å².